The van der Waals surface area contributed by atoms with E-state index in [1.165, 1.54) is 24.3 Å². The topological polar surface area (TPSA) is 69.7 Å². The molecule has 0 aromatic heterocycles. The fourth-order valence-corrected chi connectivity index (χ4v) is 4.57. The number of nitrogens with one attached hydrogen (secondary N) is 1. The maximum atomic E-state index is 13.0. The lowest BCUT2D eigenvalue weighted by atomic mass is 9.92. The van der Waals surface area contributed by atoms with Gasteiger partial charge >= 0.3 is 0 Å². The second-order valence-corrected chi connectivity index (χ2v) is 9.02. The van der Waals surface area contributed by atoms with Crippen LogP contribution in [0.5, 0.6) is 0 Å². The maximum absolute atomic E-state index is 13.0. The average molecular weight is 432 g/mol. The first kappa shape index (κ1) is 23.4. The number of likely N-dealkylation sites (tertiary alicyclic amines) is 2. The van der Waals surface area contributed by atoms with E-state index in [4.69, 9.17) is 0 Å². The Balaban J connectivity index is 1.37. The molecule has 2 aliphatic rings. The molecule has 2 heterocycles. The second-order valence-electron chi connectivity index (χ2n) is 9.02. The highest BCUT2D eigenvalue weighted by Gasteiger charge is 2.31. The molecule has 2 amide bonds. The van der Waals surface area contributed by atoms with Gasteiger partial charge in [0.15, 0.2) is 5.78 Å². The van der Waals surface area contributed by atoms with Gasteiger partial charge in [0.05, 0.1) is 0 Å². The third-order valence-corrected chi connectivity index (χ3v) is 6.40. The maximum Gasteiger partial charge on any atom is 0.223 e. The standard InChI is InChI=1S/C24H34FN3O3/c1-17(2)26-24(31)19-9-13-27(14-10-19)21-11-15-28(16-12-21)23(30)8-7-22(29)18-3-5-20(25)6-4-18/h3-6,17,19,21H,7-16H2,1-2H3,(H,26,31). The fraction of sp³-hybridized carbons (Fsp3) is 0.625. The van der Waals surface area contributed by atoms with Gasteiger partial charge in [0.25, 0.3) is 0 Å². The Morgan fingerprint density at radius 1 is 0.968 bits per heavy atom. The minimum atomic E-state index is -0.376. The zero-order chi connectivity index (χ0) is 22.4. The van der Waals surface area contributed by atoms with Gasteiger partial charge in [-0.1, -0.05) is 0 Å². The van der Waals surface area contributed by atoms with Gasteiger partial charge in [0.1, 0.15) is 5.82 Å². The summed E-state index contributed by atoms with van der Waals surface area (Å²) in [6.07, 6.45) is 3.99. The van der Waals surface area contributed by atoms with Gasteiger partial charge in [-0.3, -0.25) is 14.4 Å². The molecule has 7 heteroatoms. The average Bonchev–Trinajstić information content (AvgIpc) is 2.77. The van der Waals surface area contributed by atoms with Crippen LogP contribution in [-0.2, 0) is 9.59 Å². The van der Waals surface area contributed by atoms with E-state index in [0.29, 0.717) is 24.7 Å². The highest BCUT2D eigenvalue weighted by Crippen LogP contribution is 2.24. The molecule has 0 bridgehead atoms. The number of amides is 2. The molecule has 0 atom stereocenters. The van der Waals surface area contributed by atoms with Gasteiger partial charge in [-0.05, 0) is 76.9 Å². The normalized spacial score (nSPS) is 18.9. The predicted molar refractivity (Wildman–Crippen MR) is 117 cm³/mol. The first-order chi connectivity index (χ1) is 14.8. The number of nitrogens with zero attached hydrogens (tertiary/aromatic N) is 2. The van der Waals surface area contributed by atoms with Crippen LogP contribution in [0.2, 0.25) is 0 Å². The van der Waals surface area contributed by atoms with Gasteiger partial charge in [-0.15, -0.1) is 0 Å². The fourth-order valence-electron chi connectivity index (χ4n) is 4.57. The molecule has 31 heavy (non-hydrogen) atoms. The number of hydrogen-bond donors (Lipinski definition) is 1. The molecule has 6 nitrogen and oxygen atoms in total. The monoisotopic (exact) mass is 431 g/mol. The number of benzene rings is 1. The van der Waals surface area contributed by atoms with E-state index >= 15 is 0 Å². The predicted octanol–water partition coefficient (Wildman–Crippen LogP) is 3.02. The summed E-state index contributed by atoms with van der Waals surface area (Å²) < 4.78 is 13.0. The lowest BCUT2D eigenvalue weighted by molar-refractivity contribution is -0.133. The smallest absolute Gasteiger partial charge is 0.223 e. The molecular formula is C24H34FN3O3. The van der Waals surface area contributed by atoms with Gasteiger partial charge in [0.2, 0.25) is 11.8 Å². The molecule has 170 valence electrons. The minimum Gasteiger partial charge on any atom is -0.354 e. The van der Waals surface area contributed by atoms with Crippen molar-refractivity contribution in [3.05, 3.63) is 35.6 Å². The van der Waals surface area contributed by atoms with Crippen LogP contribution in [0.3, 0.4) is 0 Å². The van der Waals surface area contributed by atoms with Crippen LogP contribution in [0.15, 0.2) is 24.3 Å². The van der Waals surface area contributed by atoms with Crippen molar-refractivity contribution in [2.24, 2.45) is 5.92 Å². The lowest BCUT2D eigenvalue weighted by Crippen LogP contribution is -2.50. The molecule has 1 aromatic rings. The Kier molecular flexibility index (Phi) is 8.18. The summed E-state index contributed by atoms with van der Waals surface area (Å²) in [5.41, 5.74) is 0.443. The van der Waals surface area contributed by atoms with Crippen molar-refractivity contribution in [2.45, 2.75) is 64.5 Å². The zero-order valence-corrected chi connectivity index (χ0v) is 18.6. The van der Waals surface area contributed by atoms with Crippen molar-refractivity contribution in [1.82, 2.24) is 15.1 Å². The van der Waals surface area contributed by atoms with E-state index in [1.807, 2.05) is 18.7 Å². The number of hydrogen-bond acceptors (Lipinski definition) is 4. The van der Waals surface area contributed by atoms with E-state index in [-0.39, 0.29) is 48.2 Å². The Labute approximate surface area is 184 Å². The van der Waals surface area contributed by atoms with Crippen LogP contribution in [0.4, 0.5) is 4.39 Å². The lowest BCUT2D eigenvalue weighted by Gasteiger charge is -2.41. The van der Waals surface area contributed by atoms with Crippen LogP contribution >= 0.6 is 0 Å². The third-order valence-electron chi connectivity index (χ3n) is 6.40. The number of rotatable bonds is 7. The Bertz CT molecular complexity index is 765. The third kappa shape index (κ3) is 6.60. The molecule has 2 saturated heterocycles. The van der Waals surface area contributed by atoms with Gasteiger partial charge in [0, 0.05) is 49.5 Å². The van der Waals surface area contributed by atoms with E-state index in [0.717, 1.165) is 38.8 Å². The van der Waals surface area contributed by atoms with Gasteiger partial charge < -0.3 is 15.1 Å². The summed E-state index contributed by atoms with van der Waals surface area (Å²) in [7, 11) is 0. The zero-order valence-electron chi connectivity index (χ0n) is 18.6. The van der Waals surface area contributed by atoms with Crippen molar-refractivity contribution in [3.63, 3.8) is 0 Å². The molecule has 0 spiro atoms. The Hall–Kier alpha value is -2.28. The summed E-state index contributed by atoms with van der Waals surface area (Å²) in [5.74, 6) is -0.214. The molecule has 0 unspecified atom stereocenters. The molecular weight excluding hydrogens is 397 g/mol. The SMILES string of the molecule is CC(C)NC(=O)C1CCN(C2CCN(C(=O)CCC(=O)c3ccc(F)cc3)CC2)CC1. The van der Waals surface area contributed by atoms with E-state index in [1.54, 1.807) is 0 Å². The Morgan fingerprint density at radius 3 is 2.16 bits per heavy atom. The number of carbonyl (C=O) groups is 3. The number of Topliss-reactive ketones (excluding diaryl/α,β-unsaturated/α-hetero) is 1. The van der Waals surface area contributed by atoms with Crippen LogP contribution in [0.1, 0.15) is 62.7 Å². The van der Waals surface area contributed by atoms with E-state index in [9.17, 15) is 18.8 Å². The quantitative estimate of drug-likeness (QED) is 0.674. The van der Waals surface area contributed by atoms with Crippen LogP contribution in [0, 0.1) is 11.7 Å². The first-order valence-electron chi connectivity index (χ1n) is 11.4. The van der Waals surface area contributed by atoms with E-state index in [2.05, 4.69) is 10.2 Å². The summed E-state index contributed by atoms with van der Waals surface area (Å²) in [4.78, 5) is 41.3. The molecule has 1 aromatic carbocycles. The van der Waals surface area contributed by atoms with Crippen LogP contribution < -0.4 is 5.32 Å². The Morgan fingerprint density at radius 2 is 1.58 bits per heavy atom. The summed E-state index contributed by atoms with van der Waals surface area (Å²) >= 11 is 0. The molecule has 2 fully saturated rings. The molecule has 1 N–H and O–H groups in total. The molecule has 0 radical (unpaired) electrons. The summed E-state index contributed by atoms with van der Waals surface area (Å²) in [5, 5.41) is 3.02. The number of halogens is 1. The molecule has 0 saturated carbocycles. The molecule has 0 aliphatic carbocycles. The number of carbonyl (C=O) groups excluding carboxylic acids is 3. The van der Waals surface area contributed by atoms with Crippen molar-refractivity contribution < 1.29 is 18.8 Å². The van der Waals surface area contributed by atoms with Crippen molar-refractivity contribution >= 4 is 17.6 Å². The van der Waals surface area contributed by atoms with Gasteiger partial charge in [-0.2, -0.15) is 0 Å². The highest BCUT2D eigenvalue weighted by molar-refractivity contribution is 5.97. The van der Waals surface area contributed by atoms with Crippen molar-refractivity contribution in [3.8, 4) is 0 Å². The van der Waals surface area contributed by atoms with Gasteiger partial charge in [-0.25, -0.2) is 4.39 Å². The van der Waals surface area contributed by atoms with E-state index < -0.39 is 0 Å². The second kappa shape index (κ2) is 10.8. The van der Waals surface area contributed by atoms with Crippen molar-refractivity contribution in [2.75, 3.05) is 26.2 Å². The largest absolute Gasteiger partial charge is 0.354 e. The van der Waals surface area contributed by atoms with Crippen LogP contribution in [0.25, 0.3) is 0 Å². The van der Waals surface area contributed by atoms with Crippen molar-refractivity contribution in [1.29, 1.82) is 0 Å². The van der Waals surface area contributed by atoms with Crippen LogP contribution in [-0.4, -0.2) is 65.7 Å². The summed E-state index contributed by atoms with van der Waals surface area (Å²) in [6, 6.07) is 6.09. The minimum absolute atomic E-state index is 0.0120. The molecule has 3 rings (SSSR count). The highest BCUT2D eigenvalue weighted by atomic mass is 19.1. The first-order valence-corrected chi connectivity index (χ1v) is 11.4. The number of ketones is 1. The summed E-state index contributed by atoms with van der Waals surface area (Å²) in [6.45, 7) is 7.26. The number of piperidine rings is 2. The molecule has 2 aliphatic heterocycles.